The van der Waals surface area contributed by atoms with Crippen molar-refractivity contribution in [3.63, 3.8) is 0 Å². The largest absolute Gasteiger partial charge is 0.368 e. The fraction of sp³-hybridized carbons (Fsp3) is 0.214. The number of nitrogen functional groups attached to an aromatic ring is 1. The minimum Gasteiger partial charge on any atom is -0.368 e. The van der Waals surface area contributed by atoms with E-state index >= 15 is 0 Å². The summed E-state index contributed by atoms with van der Waals surface area (Å²) in [5, 5.41) is 0.979. The van der Waals surface area contributed by atoms with Crippen molar-refractivity contribution in [1.82, 2.24) is 19.5 Å². The molecule has 0 fully saturated rings. The number of aromatic nitrogens is 4. The molecule has 2 heterocycles. The Morgan fingerprint density at radius 3 is 2.89 bits per heavy atom. The van der Waals surface area contributed by atoms with E-state index in [1.807, 2.05) is 35.0 Å². The van der Waals surface area contributed by atoms with Gasteiger partial charge in [0.25, 0.3) is 0 Å². The second kappa shape index (κ2) is 4.68. The van der Waals surface area contributed by atoms with Crippen molar-refractivity contribution in [2.45, 2.75) is 19.8 Å². The Hall–Kier alpha value is -2.43. The molecule has 0 aliphatic heterocycles. The number of anilines is 1. The summed E-state index contributed by atoms with van der Waals surface area (Å²) in [4.78, 5) is 13.0. The van der Waals surface area contributed by atoms with Gasteiger partial charge >= 0.3 is 0 Å². The summed E-state index contributed by atoms with van der Waals surface area (Å²) in [5.41, 5.74) is 6.65. The van der Waals surface area contributed by atoms with Crippen LogP contribution in [-0.4, -0.2) is 19.5 Å². The van der Waals surface area contributed by atoms with Gasteiger partial charge in [-0.3, -0.25) is 4.57 Å². The third kappa shape index (κ3) is 2.03. The number of rotatable bonds is 3. The average molecular weight is 253 g/mol. The van der Waals surface area contributed by atoms with Gasteiger partial charge in [-0.15, -0.1) is 0 Å². The molecule has 0 spiro atoms. The number of benzene rings is 1. The van der Waals surface area contributed by atoms with Gasteiger partial charge in [-0.2, -0.15) is 4.98 Å². The van der Waals surface area contributed by atoms with Crippen molar-refractivity contribution in [3.05, 3.63) is 42.5 Å². The van der Waals surface area contributed by atoms with Gasteiger partial charge in [0.05, 0.1) is 5.52 Å². The zero-order chi connectivity index (χ0) is 13.2. The van der Waals surface area contributed by atoms with Crippen molar-refractivity contribution in [2.24, 2.45) is 0 Å². The second-order valence-corrected chi connectivity index (χ2v) is 4.39. The van der Waals surface area contributed by atoms with Gasteiger partial charge in [-0.25, -0.2) is 9.97 Å². The Bertz CT molecular complexity index is 717. The van der Waals surface area contributed by atoms with Crippen LogP contribution in [0.2, 0.25) is 0 Å². The number of hydrogen-bond acceptors (Lipinski definition) is 4. The number of para-hydroxylation sites is 1. The molecule has 19 heavy (non-hydrogen) atoms. The van der Waals surface area contributed by atoms with Crippen molar-refractivity contribution in [2.75, 3.05) is 5.73 Å². The Balaban J connectivity index is 2.26. The maximum atomic E-state index is 5.80. The molecule has 0 unspecified atom stereocenters. The zero-order valence-electron chi connectivity index (χ0n) is 10.7. The number of hydrogen-bond donors (Lipinski definition) is 1. The number of nitrogens with two attached hydrogens (primary N) is 1. The van der Waals surface area contributed by atoms with E-state index in [1.165, 1.54) is 0 Å². The van der Waals surface area contributed by atoms with Crippen LogP contribution in [-0.2, 0) is 6.42 Å². The Kier molecular flexibility index (Phi) is 2.87. The zero-order valence-corrected chi connectivity index (χ0v) is 10.7. The van der Waals surface area contributed by atoms with Crippen LogP contribution in [0.25, 0.3) is 16.7 Å². The molecule has 0 bridgehead atoms. The molecule has 0 radical (unpaired) electrons. The summed E-state index contributed by atoms with van der Waals surface area (Å²) in [6.07, 6.45) is 5.65. The highest BCUT2D eigenvalue weighted by Crippen LogP contribution is 2.21. The molecule has 0 saturated heterocycles. The van der Waals surface area contributed by atoms with Crippen LogP contribution >= 0.6 is 0 Å². The van der Waals surface area contributed by atoms with Gasteiger partial charge in [0.15, 0.2) is 5.82 Å². The minimum absolute atomic E-state index is 0.282. The van der Waals surface area contributed by atoms with Gasteiger partial charge in [0.2, 0.25) is 5.95 Å². The first kappa shape index (κ1) is 11.6. The lowest BCUT2D eigenvalue weighted by Gasteiger charge is -2.10. The molecule has 0 aliphatic rings. The molecule has 3 rings (SSSR count). The fourth-order valence-corrected chi connectivity index (χ4v) is 2.20. The molecule has 1 aromatic carbocycles. The number of imidazole rings is 1. The van der Waals surface area contributed by atoms with Crippen LogP contribution in [0.5, 0.6) is 0 Å². The summed E-state index contributed by atoms with van der Waals surface area (Å²) in [7, 11) is 0. The summed E-state index contributed by atoms with van der Waals surface area (Å²) < 4.78 is 1.99. The Morgan fingerprint density at radius 1 is 1.21 bits per heavy atom. The maximum absolute atomic E-state index is 5.80. The van der Waals surface area contributed by atoms with Crippen LogP contribution < -0.4 is 5.73 Å². The van der Waals surface area contributed by atoms with E-state index in [0.29, 0.717) is 0 Å². The van der Waals surface area contributed by atoms with Gasteiger partial charge in [-0.1, -0.05) is 19.1 Å². The molecule has 2 aromatic heterocycles. The minimum atomic E-state index is 0.282. The van der Waals surface area contributed by atoms with Gasteiger partial charge in [0.1, 0.15) is 5.82 Å². The molecule has 0 amide bonds. The van der Waals surface area contributed by atoms with Crippen molar-refractivity contribution >= 4 is 16.9 Å². The summed E-state index contributed by atoms with van der Waals surface area (Å²) in [5.74, 6) is 2.07. The molecule has 5 nitrogen and oxygen atoms in total. The van der Waals surface area contributed by atoms with Crippen molar-refractivity contribution in [1.29, 1.82) is 0 Å². The lowest BCUT2D eigenvalue weighted by Crippen LogP contribution is -2.06. The Labute approximate surface area is 111 Å². The molecular formula is C14H15N5. The van der Waals surface area contributed by atoms with Crippen molar-refractivity contribution < 1.29 is 0 Å². The topological polar surface area (TPSA) is 69.6 Å². The predicted molar refractivity (Wildman–Crippen MR) is 75.1 cm³/mol. The van der Waals surface area contributed by atoms with Crippen LogP contribution in [0, 0.1) is 0 Å². The van der Waals surface area contributed by atoms with Crippen LogP contribution in [0.1, 0.15) is 19.2 Å². The molecule has 0 saturated carbocycles. The number of fused-ring (bicyclic) bond motifs is 1. The van der Waals surface area contributed by atoms with Gasteiger partial charge in [0, 0.05) is 24.2 Å². The first-order valence-electron chi connectivity index (χ1n) is 6.34. The number of aryl methyl sites for hydroxylation is 1. The van der Waals surface area contributed by atoms with E-state index in [1.54, 1.807) is 6.20 Å². The maximum Gasteiger partial charge on any atom is 0.222 e. The van der Waals surface area contributed by atoms with E-state index in [2.05, 4.69) is 21.9 Å². The van der Waals surface area contributed by atoms with E-state index in [9.17, 15) is 0 Å². The van der Waals surface area contributed by atoms with Crippen LogP contribution in [0.15, 0.2) is 36.7 Å². The monoisotopic (exact) mass is 253 g/mol. The molecule has 0 aliphatic carbocycles. The third-order valence-electron chi connectivity index (χ3n) is 3.02. The molecular weight excluding hydrogens is 238 g/mol. The molecule has 5 heteroatoms. The van der Waals surface area contributed by atoms with E-state index in [4.69, 9.17) is 5.73 Å². The molecule has 0 atom stereocenters. The SMILES string of the molecule is CCCc1nccn1-c1nc(N)nc2ccccc12. The van der Waals surface area contributed by atoms with E-state index in [0.717, 1.165) is 35.4 Å². The number of nitrogens with zero attached hydrogens (tertiary/aromatic N) is 4. The van der Waals surface area contributed by atoms with Gasteiger partial charge in [-0.05, 0) is 18.6 Å². The second-order valence-electron chi connectivity index (χ2n) is 4.39. The normalized spacial score (nSPS) is 11.0. The highest BCUT2D eigenvalue weighted by atomic mass is 15.2. The molecule has 2 N–H and O–H groups in total. The first-order valence-corrected chi connectivity index (χ1v) is 6.34. The highest BCUT2D eigenvalue weighted by molar-refractivity contribution is 5.86. The van der Waals surface area contributed by atoms with Crippen molar-refractivity contribution in [3.8, 4) is 5.82 Å². The Morgan fingerprint density at radius 2 is 2.05 bits per heavy atom. The molecule has 3 aromatic rings. The average Bonchev–Trinajstić information content (AvgIpc) is 2.86. The smallest absolute Gasteiger partial charge is 0.222 e. The summed E-state index contributed by atoms with van der Waals surface area (Å²) in [6.45, 7) is 2.13. The fourth-order valence-electron chi connectivity index (χ4n) is 2.20. The van der Waals surface area contributed by atoms with Crippen LogP contribution in [0.3, 0.4) is 0 Å². The van der Waals surface area contributed by atoms with Crippen LogP contribution in [0.4, 0.5) is 5.95 Å². The summed E-state index contributed by atoms with van der Waals surface area (Å²) in [6, 6.07) is 7.86. The standard InChI is InChI=1S/C14H15N5/c1-2-5-12-16-8-9-19(12)13-10-6-3-4-7-11(10)17-14(15)18-13/h3-4,6-9H,2,5H2,1H3,(H2,15,17,18). The van der Waals surface area contributed by atoms with E-state index < -0.39 is 0 Å². The predicted octanol–water partition coefficient (Wildman–Crippen LogP) is 2.35. The summed E-state index contributed by atoms with van der Waals surface area (Å²) >= 11 is 0. The molecule has 96 valence electrons. The first-order chi connectivity index (χ1) is 9.29. The van der Waals surface area contributed by atoms with Gasteiger partial charge < -0.3 is 5.73 Å². The van der Waals surface area contributed by atoms with E-state index in [-0.39, 0.29) is 5.95 Å². The third-order valence-corrected chi connectivity index (χ3v) is 3.02. The highest BCUT2D eigenvalue weighted by Gasteiger charge is 2.11. The lowest BCUT2D eigenvalue weighted by molar-refractivity contribution is 0.801. The quantitative estimate of drug-likeness (QED) is 0.777. The lowest BCUT2D eigenvalue weighted by atomic mass is 10.2.